The highest BCUT2D eigenvalue weighted by Crippen LogP contribution is 2.61. The van der Waals surface area contributed by atoms with Gasteiger partial charge >= 0.3 is 0 Å². The Labute approximate surface area is 616 Å². The summed E-state index contributed by atoms with van der Waals surface area (Å²) in [6.45, 7) is 13.2. The Bertz CT molecular complexity index is 6280. The van der Waals surface area contributed by atoms with E-state index in [1.807, 2.05) is 6.07 Å². The lowest BCUT2D eigenvalue weighted by Gasteiger charge is -2.46. The minimum absolute atomic E-state index is 0.00824. The van der Waals surface area contributed by atoms with Crippen LogP contribution in [-0.2, 0) is 16.2 Å². The topological polar surface area (TPSA) is 11.4 Å². The van der Waals surface area contributed by atoms with Crippen LogP contribution in [0.1, 0.15) is 85.9 Å². The molecule has 490 valence electrons. The van der Waals surface area contributed by atoms with Crippen molar-refractivity contribution in [3.05, 3.63) is 385 Å². The monoisotopic (exact) mass is 1330 g/mol. The quantitative estimate of drug-likeness (QED) is 0.126. The summed E-state index contributed by atoms with van der Waals surface area (Å²) in [5, 5.41) is 0.0165. The molecule has 0 unspecified atom stereocenters. The second-order valence-electron chi connectivity index (χ2n) is 29.7. The molecule has 1 aliphatic carbocycles. The van der Waals surface area contributed by atoms with E-state index >= 15 is 0 Å². The number of aromatic nitrogens is 1. The second-order valence-corrected chi connectivity index (χ2v) is 29.7. The van der Waals surface area contributed by atoms with E-state index in [0.717, 1.165) is 140 Å². The predicted octanol–water partition coefficient (Wildman–Crippen LogP) is 24.2. The van der Waals surface area contributed by atoms with Crippen molar-refractivity contribution in [3.8, 4) is 72.4 Å². The van der Waals surface area contributed by atoms with Crippen LogP contribution >= 0.6 is 0 Å². The summed E-state index contributed by atoms with van der Waals surface area (Å²) >= 11 is 0. The van der Waals surface area contributed by atoms with E-state index in [-0.39, 0.29) is 44.7 Å². The molecule has 3 nitrogen and oxygen atoms in total. The summed E-state index contributed by atoms with van der Waals surface area (Å²) in [7, 11) is 0. The Morgan fingerprint density at radius 1 is 0.320 bits per heavy atom. The summed E-state index contributed by atoms with van der Waals surface area (Å²) in [5.74, 6) is 0. The molecule has 3 aliphatic rings. The summed E-state index contributed by atoms with van der Waals surface area (Å²) in [4.78, 5) is 5.07. The average molecular weight is 1330 g/mol. The number of rotatable bonds is 10. The van der Waals surface area contributed by atoms with Crippen molar-refractivity contribution in [2.75, 3.05) is 9.80 Å². The van der Waals surface area contributed by atoms with Crippen LogP contribution in [0.15, 0.2) is 352 Å². The highest BCUT2D eigenvalue weighted by Gasteiger charge is 2.50. The third-order valence-corrected chi connectivity index (χ3v) is 21.8. The van der Waals surface area contributed by atoms with Crippen LogP contribution in [0.4, 0.5) is 34.1 Å². The van der Waals surface area contributed by atoms with Crippen molar-refractivity contribution in [2.45, 2.75) is 57.8 Å². The first-order valence-corrected chi connectivity index (χ1v) is 35.7. The van der Waals surface area contributed by atoms with Crippen molar-refractivity contribution >= 4 is 79.0 Å². The summed E-state index contributed by atoms with van der Waals surface area (Å²) in [5.41, 5.74) is 26.8. The van der Waals surface area contributed by atoms with Gasteiger partial charge in [-0.15, -0.1) is 0 Å². The van der Waals surface area contributed by atoms with Crippen molar-refractivity contribution < 1.29 is 11.0 Å². The molecule has 15 aromatic carbocycles. The van der Waals surface area contributed by atoms with Gasteiger partial charge in [-0.2, -0.15) is 0 Å². The molecule has 4 heteroatoms. The van der Waals surface area contributed by atoms with Gasteiger partial charge in [0.25, 0.3) is 6.71 Å². The Morgan fingerprint density at radius 3 is 1.20 bits per heavy atom. The van der Waals surface area contributed by atoms with Crippen LogP contribution in [0.5, 0.6) is 0 Å². The van der Waals surface area contributed by atoms with Gasteiger partial charge in [0.2, 0.25) is 0 Å². The molecule has 103 heavy (non-hydrogen) atoms. The normalized spacial score (nSPS) is 14.4. The average Bonchev–Trinajstić information content (AvgIpc) is 1.68. The zero-order valence-corrected chi connectivity index (χ0v) is 58.3. The van der Waals surface area contributed by atoms with Crippen LogP contribution in [0.3, 0.4) is 0 Å². The van der Waals surface area contributed by atoms with E-state index in [1.165, 1.54) is 11.1 Å². The van der Waals surface area contributed by atoms with E-state index < -0.39 is 48.4 Å². The van der Waals surface area contributed by atoms with Gasteiger partial charge in [-0.3, -0.25) is 0 Å². The number of fused-ring (bicyclic) bond motifs is 10. The molecule has 0 radical (unpaired) electrons. The number of anilines is 6. The van der Waals surface area contributed by atoms with Gasteiger partial charge in [-0.1, -0.05) is 327 Å². The zero-order chi connectivity index (χ0) is 76.3. The Balaban J connectivity index is 1.04. The molecule has 2 aliphatic heterocycles. The number of para-hydroxylation sites is 3. The smallest absolute Gasteiger partial charge is 0.252 e. The molecular formula is C99H76BN3. The molecule has 0 atom stereocenters. The minimum atomic E-state index is -0.839. The van der Waals surface area contributed by atoms with Crippen molar-refractivity contribution in [3.63, 3.8) is 0 Å². The summed E-state index contributed by atoms with van der Waals surface area (Å²) in [6.07, 6.45) is 0. The van der Waals surface area contributed by atoms with Gasteiger partial charge in [-0.25, -0.2) is 0 Å². The van der Waals surface area contributed by atoms with Gasteiger partial charge in [-0.05, 0) is 172 Å². The molecule has 0 amide bonds. The molecule has 0 saturated heterocycles. The fraction of sp³-hybridized carbons (Fsp3) is 0.0909. The largest absolute Gasteiger partial charge is 0.310 e. The summed E-state index contributed by atoms with van der Waals surface area (Å²) in [6, 6.07) is 107. The molecule has 0 N–H and O–H groups in total. The van der Waals surface area contributed by atoms with Crippen molar-refractivity contribution in [1.29, 1.82) is 0 Å². The summed E-state index contributed by atoms with van der Waals surface area (Å²) < 4.78 is 77.7. The first-order chi connectivity index (χ1) is 53.7. The van der Waals surface area contributed by atoms with Gasteiger partial charge in [0, 0.05) is 61.5 Å². The molecular weight excluding hydrogens is 1240 g/mol. The molecule has 0 spiro atoms. The fourth-order valence-electron chi connectivity index (χ4n) is 17.1. The SMILES string of the molecule is [2H]c1c([2H])c([2H])c2c(c1[2H])c1c([2H])c([2H])c([2H])c([2H])c1n2-c1ccc2c(c1)N(c1c(-c3ccccc3)cc(C(C)(C)C)cc1-c1ccccc1)c1cc(-c3cccc4c3C(c3ccccc3)(c3ccccc3)c3ccccc3-4)cc3c1B2c1ccccc1N3c1c(-c2ccccc2)cc(C(C)(C)C)cc1-c1ccccc1. The number of hydrogen-bond donors (Lipinski definition) is 0. The van der Waals surface area contributed by atoms with Gasteiger partial charge in [0.1, 0.15) is 0 Å². The maximum absolute atomic E-state index is 9.91. The third-order valence-electron chi connectivity index (χ3n) is 21.8. The Kier molecular flexibility index (Phi) is 12.5. The highest BCUT2D eigenvalue weighted by molar-refractivity contribution is 7.00. The minimum Gasteiger partial charge on any atom is -0.310 e. The van der Waals surface area contributed by atoms with Crippen LogP contribution in [0.25, 0.3) is 94.3 Å². The van der Waals surface area contributed by atoms with Crippen LogP contribution in [-0.4, -0.2) is 11.3 Å². The van der Waals surface area contributed by atoms with E-state index in [1.54, 1.807) is 4.57 Å². The Hall–Kier alpha value is -12.2. The lowest BCUT2D eigenvalue weighted by molar-refractivity contribution is 0.590. The van der Waals surface area contributed by atoms with Crippen molar-refractivity contribution in [1.82, 2.24) is 4.57 Å². The molecule has 0 fully saturated rings. The predicted molar refractivity (Wildman–Crippen MR) is 437 cm³/mol. The first kappa shape index (κ1) is 53.6. The highest BCUT2D eigenvalue weighted by atomic mass is 15.2. The number of hydrogen-bond acceptors (Lipinski definition) is 2. The molecule has 0 saturated carbocycles. The van der Waals surface area contributed by atoms with Crippen molar-refractivity contribution in [2.24, 2.45) is 0 Å². The van der Waals surface area contributed by atoms with Crippen LogP contribution in [0, 0.1) is 0 Å². The van der Waals surface area contributed by atoms with E-state index in [0.29, 0.717) is 5.69 Å². The molecule has 1 aromatic heterocycles. The van der Waals surface area contributed by atoms with E-state index in [9.17, 15) is 8.22 Å². The fourth-order valence-corrected chi connectivity index (χ4v) is 17.1. The van der Waals surface area contributed by atoms with E-state index in [2.05, 4.69) is 349 Å². The van der Waals surface area contributed by atoms with Crippen LogP contribution in [0.2, 0.25) is 0 Å². The van der Waals surface area contributed by atoms with Gasteiger partial charge < -0.3 is 14.4 Å². The molecule has 19 rings (SSSR count). The lowest BCUT2D eigenvalue weighted by Crippen LogP contribution is -2.61. The van der Waals surface area contributed by atoms with E-state index in [4.69, 9.17) is 2.74 Å². The molecule has 0 bridgehead atoms. The standard InChI is InChI=1S/C99H76BN3/c1-97(2,3)72-60-80(65-34-13-7-14-35-65)95(81(61-72)66-36-15-8-16-37-66)102-89-55-32-29-52-85(89)100-86-57-56-74(101-87-53-30-26-47-77(87)78-48-27-31-54-88(78)101)64-90(86)103(96-82(67-38-17-9-18-39-67)62-73(98(4,5)6)63-83(96)68-40-19-10-20-41-68)92-59-69(58-91(102)94(92)100)75-49-33-50-79-76-46-25-28-51-84(76)99(93(75)79,70-42-21-11-22-43-70)71-44-23-12-24-45-71/h7-64H,1-6H3/i26D,27D,30D,31D,47D,48D,53D,54D. The van der Waals surface area contributed by atoms with Gasteiger partial charge in [0.05, 0.1) is 38.8 Å². The molecule has 16 aromatic rings. The van der Waals surface area contributed by atoms with Crippen LogP contribution < -0.4 is 26.2 Å². The lowest BCUT2D eigenvalue weighted by atomic mass is 9.33. The maximum atomic E-state index is 9.91. The first-order valence-electron chi connectivity index (χ1n) is 39.7. The third kappa shape index (κ3) is 9.72. The number of benzene rings is 15. The Morgan fingerprint density at radius 2 is 0.718 bits per heavy atom. The maximum Gasteiger partial charge on any atom is 0.252 e. The van der Waals surface area contributed by atoms with Gasteiger partial charge in [0.15, 0.2) is 0 Å². The second kappa shape index (κ2) is 24.0. The molecule has 3 heterocycles. The zero-order valence-electron chi connectivity index (χ0n) is 66.3. The number of nitrogens with zero attached hydrogens (tertiary/aromatic N) is 3.